The number of rotatable bonds is 6. The van der Waals surface area contributed by atoms with E-state index in [-0.39, 0.29) is 18.2 Å². The highest BCUT2D eigenvalue weighted by atomic mass is 19.4. The molecule has 1 aromatic carbocycles. The minimum atomic E-state index is -4.26. The third-order valence-electron chi connectivity index (χ3n) is 3.73. The van der Waals surface area contributed by atoms with Gasteiger partial charge in [0.2, 0.25) is 0 Å². The zero-order valence-electron chi connectivity index (χ0n) is 11.8. The second-order valence-corrected chi connectivity index (χ2v) is 5.72. The molecule has 6 heteroatoms. The van der Waals surface area contributed by atoms with Crippen LogP contribution in [0.25, 0.3) is 0 Å². The van der Waals surface area contributed by atoms with Crippen LogP contribution in [0.5, 0.6) is 0 Å². The molecule has 0 saturated heterocycles. The molecule has 1 aliphatic rings. The van der Waals surface area contributed by atoms with Crippen molar-refractivity contribution in [3.05, 3.63) is 35.6 Å². The molecule has 1 fully saturated rings. The molecule has 2 unspecified atom stereocenters. The average Bonchev–Trinajstić information content (AvgIpc) is 3.20. The second kappa shape index (κ2) is 6.32. The third-order valence-corrected chi connectivity index (χ3v) is 3.73. The molecule has 0 aromatic heterocycles. The van der Waals surface area contributed by atoms with E-state index in [9.17, 15) is 22.7 Å². The van der Waals surface area contributed by atoms with Gasteiger partial charge in [0.25, 0.3) is 0 Å². The maximum atomic E-state index is 13.6. The minimum absolute atomic E-state index is 0.0677. The first-order chi connectivity index (χ1) is 9.78. The van der Waals surface area contributed by atoms with E-state index >= 15 is 0 Å². The van der Waals surface area contributed by atoms with E-state index in [4.69, 9.17) is 0 Å². The van der Waals surface area contributed by atoms with E-state index in [0.29, 0.717) is 0 Å². The third kappa shape index (κ3) is 4.68. The molecule has 0 bridgehead atoms. The lowest BCUT2D eigenvalue weighted by atomic mass is 9.96. The molecule has 0 amide bonds. The first kappa shape index (κ1) is 16.2. The number of hydrogen-bond acceptors (Lipinski definition) is 2. The number of alkyl halides is 3. The molecule has 1 aliphatic carbocycles. The number of aliphatic hydroxyl groups is 1. The van der Waals surface area contributed by atoms with Gasteiger partial charge in [-0.2, -0.15) is 13.2 Å². The van der Waals surface area contributed by atoms with E-state index in [1.165, 1.54) is 23.1 Å². The Morgan fingerprint density at radius 1 is 1.29 bits per heavy atom. The van der Waals surface area contributed by atoms with Crippen molar-refractivity contribution in [1.29, 1.82) is 0 Å². The van der Waals surface area contributed by atoms with Crippen molar-refractivity contribution in [2.45, 2.75) is 38.1 Å². The number of benzene rings is 1. The van der Waals surface area contributed by atoms with Crippen LogP contribution < -0.4 is 0 Å². The molecule has 0 aliphatic heterocycles. The standard InChI is InChI=1S/C15H19F4NO/c1-10(14(21)12-4-2-3-5-13(12)16)8-20(11-6-7-11)9-15(17,18)19/h2-5,10-11,14,21H,6-9H2,1H3. The molecule has 2 rings (SSSR count). The van der Waals surface area contributed by atoms with Crippen LogP contribution in [-0.2, 0) is 0 Å². The van der Waals surface area contributed by atoms with Crippen LogP contribution >= 0.6 is 0 Å². The highest BCUT2D eigenvalue weighted by molar-refractivity contribution is 5.20. The van der Waals surface area contributed by atoms with Crippen molar-refractivity contribution in [1.82, 2.24) is 4.90 Å². The van der Waals surface area contributed by atoms with E-state index in [2.05, 4.69) is 0 Å². The molecular formula is C15H19F4NO. The van der Waals surface area contributed by atoms with Crippen LogP contribution in [0.15, 0.2) is 24.3 Å². The van der Waals surface area contributed by atoms with Gasteiger partial charge in [0, 0.05) is 18.2 Å². The van der Waals surface area contributed by atoms with Gasteiger partial charge in [-0.3, -0.25) is 4.90 Å². The summed E-state index contributed by atoms with van der Waals surface area (Å²) in [5.41, 5.74) is 0.132. The van der Waals surface area contributed by atoms with Gasteiger partial charge in [0.05, 0.1) is 12.6 Å². The summed E-state index contributed by atoms with van der Waals surface area (Å²) in [6, 6.07) is 5.74. The lowest BCUT2D eigenvalue weighted by molar-refractivity contribution is -0.149. The van der Waals surface area contributed by atoms with Crippen LogP contribution in [0.1, 0.15) is 31.4 Å². The predicted octanol–water partition coefficient (Wildman–Crippen LogP) is 3.52. The summed E-state index contributed by atoms with van der Waals surface area (Å²) in [6.45, 7) is 0.758. The minimum Gasteiger partial charge on any atom is -0.388 e. The zero-order valence-corrected chi connectivity index (χ0v) is 11.8. The van der Waals surface area contributed by atoms with Crippen molar-refractivity contribution in [2.24, 2.45) is 5.92 Å². The number of halogens is 4. The van der Waals surface area contributed by atoms with Gasteiger partial charge in [0.1, 0.15) is 5.82 Å². The smallest absolute Gasteiger partial charge is 0.388 e. The Bertz CT molecular complexity index is 473. The quantitative estimate of drug-likeness (QED) is 0.813. The molecule has 118 valence electrons. The van der Waals surface area contributed by atoms with E-state index < -0.39 is 30.6 Å². The van der Waals surface area contributed by atoms with E-state index in [1.54, 1.807) is 13.0 Å². The molecule has 1 aromatic rings. The summed E-state index contributed by atoms with van der Waals surface area (Å²) in [5.74, 6) is -1.02. The van der Waals surface area contributed by atoms with Crippen molar-refractivity contribution < 1.29 is 22.7 Å². The van der Waals surface area contributed by atoms with Gasteiger partial charge in [-0.25, -0.2) is 4.39 Å². The maximum absolute atomic E-state index is 13.6. The SMILES string of the molecule is CC(CN(CC(F)(F)F)C1CC1)C(O)c1ccccc1F. The maximum Gasteiger partial charge on any atom is 0.401 e. The molecule has 0 heterocycles. The molecule has 1 N–H and O–H groups in total. The average molecular weight is 305 g/mol. The van der Waals surface area contributed by atoms with Crippen LogP contribution in [-0.4, -0.2) is 35.3 Å². The fourth-order valence-electron chi connectivity index (χ4n) is 2.50. The fourth-order valence-corrected chi connectivity index (χ4v) is 2.50. The van der Waals surface area contributed by atoms with Gasteiger partial charge in [0.15, 0.2) is 0 Å². The summed E-state index contributed by atoms with van der Waals surface area (Å²) in [4.78, 5) is 1.34. The van der Waals surface area contributed by atoms with Crippen molar-refractivity contribution >= 4 is 0 Å². The first-order valence-electron chi connectivity index (χ1n) is 7.01. The molecule has 1 saturated carbocycles. The Labute approximate surface area is 121 Å². The number of hydrogen-bond donors (Lipinski definition) is 1. The summed E-state index contributed by atoms with van der Waals surface area (Å²) >= 11 is 0. The highest BCUT2D eigenvalue weighted by Gasteiger charge is 2.39. The Kier molecular flexibility index (Phi) is 4.88. The van der Waals surface area contributed by atoms with Crippen LogP contribution in [0.3, 0.4) is 0 Å². The van der Waals surface area contributed by atoms with Crippen molar-refractivity contribution in [3.8, 4) is 0 Å². The normalized spacial score (nSPS) is 18.8. The molecule has 2 nitrogen and oxygen atoms in total. The summed E-state index contributed by atoms with van der Waals surface area (Å²) in [7, 11) is 0. The second-order valence-electron chi connectivity index (χ2n) is 5.72. The predicted molar refractivity (Wildman–Crippen MR) is 71.2 cm³/mol. The lowest BCUT2D eigenvalue weighted by Gasteiger charge is -2.29. The molecule has 2 atom stereocenters. The molecule has 0 spiro atoms. The summed E-state index contributed by atoms with van der Waals surface area (Å²) in [6.07, 6.45) is -3.87. The largest absolute Gasteiger partial charge is 0.401 e. The van der Waals surface area contributed by atoms with Crippen LogP contribution in [0, 0.1) is 11.7 Å². The van der Waals surface area contributed by atoms with Crippen molar-refractivity contribution in [2.75, 3.05) is 13.1 Å². The number of nitrogens with zero attached hydrogens (tertiary/aromatic N) is 1. The van der Waals surface area contributed by atoms with E-state index in [0.717, 1.165) is 12.8 Å². The monoisotopic (exact) mass is 305 g/mol. The van der Waals surface area contributed by atoms with Crippen molar-refractivity contribution in [3.63, 3.8) is 0 Å². The topological polar surface area (TPSA) is 23.5 Å². The van der Waals surface area contributed by atoms with Crippen LogP contribution in [0.2, 0.25) is 0 Å². The van der Waals surface area contributed by atoms with Gasteiger partial charge in [-0.05, 0) is 24.8 Å². The lowest BCUT2D eigenvalue weighted by Crippen LogP contribution is -2.39. The Balaban J connectivity index is 2.01. The molecule has 21 heavy (non-hydrogen) atoms. The Morgan fingerprint density at radius 3 is 2.43 bits per heavy atom. The first-order valence-corrected chi connectivity index (χ1v) is 7.01. The zero-order chi connectivity index (χ0) is 15.6. The fraction of sp³-hybridized carbons (Fsp3) is 0.600. The highest BCUT2D eigenvalue weighted by Crippen LogP contribution is 2.33. The molecule has 0 radical (unpaired) electrons. The van der Waals surface area contributed by atoms with Gasteiger partial charge < -0.3 is 5.11 Å². The number of aliphatic hydroxyl groups excluding tert-OH is 1. The van der Waals surface area contributed by atoms with Gasteiger partial charge >= 0.3 is 6.18 Å². The van der Waals surface area contributed by atoms with Gasteiger partial charge in [-0.15, -0.1) is 0 Å². The van der Waals surface area contributed by atoms with Crippen LogP contribution in [0.4, 0.5) is 17.6 Å². The Hall–Kier alpha value is -1.14. The van der Waals surface area contributed by atoms with E-state index in [1.807, 2.05) is 0 Å². The summed E-state index contributed by atoms with van der Waals surface area (Å²) < 4.78 is 51.3. The Morgan fingerprint density at radius 2 is 1.90 bits per heavy atom. The molecular weight excluding hydrogens is 286 g/mol. The summed E-state index contributed by atoms with van der Waals surface area (Å²) in [5, 5.41) is 10.2. The van der Waals surface area contributed by atoms with Gasteiger partial charge in [-0.1, -0.05) is 25.1 Å².